The number of rotatable bonds is 8. The molecule has 3 rings (SSSR count). The predicted molar refractivity (Wildman–Crippen MR) is 85.4 cm³/mol. The number of ether oxygens (including phenoxy) is 4. The van der Waals surface area contributed by atoms with Gasteiger partial charge in [0.15, 0.2) is 0 Å². The van der Waals surface area contributed by atoms with Crippen molar-refractivity contribution in [3.8, 4) is 0 Å². The molecule has 1 aromatic carbocycles. The Morgan fingerprint density at radius 1 is 0.618 bits per heavy atom. The van der Waals surface area contributed by atoms with Crippen molar-refractivity contribution in [3.63, 3.8) is 0 Å². The third kappa shape index (κ3) is 4.68. The van der Waals surface area contributed by atoms with Crippen LogP contribution in [0.4, 0.5) is 52.7 Å². The second kappa shape index (κ2) is 8.41. The van der Waals surface area contributed by atoms with Gasteiger partial charge in [-0.1, -0.05) is 18.2 Å². The largest absolute Gasteiger partial charge is 0.430 e. The van der Waals surface area contributed by atoms with E-state index in [9.17, 15) is 52.7 Å². The lowest BCUT2D eigenvalue weighted by Crippen LogP contribution is -2.58. The number of epoxide rings is 2. The Bertz CT molecular complexity index is 770. The molecule has 2 aliphatic heterocycles. The van der Waals surface area contributed by atoms with Crippen molar-refractivity contribution in [2.75, 3.05) is 26.4 Å². The van der Waals surface area contributed by atoms with E-state index in [0.717, 1.165) is 0 Å². The zero-order chi connectivity index (χ0) is 25.8. The highest BCUT2D eigenvalue weighted by atomic mass is 19.4. The van der Waals surface area contributed by atoms with Gasteiger partial charge in [0.2, 0.25) is 0 Å². The summed E-state index contributed by atoms with van der Waals surface area (Å²) in [6, 6.07) is -0.181. The van der Waals surface area contributed by atoms with Crippen LogP contribution in [0.3, 0.4) is 0 Å². The van der Waals surface area contributed by atoms with Crippen LogP contribution in [0.5, 0.6) is 0 Å². The van der Waals surface area contributed by atoms with Gasteiger partial charge in [-0.2, -0.15) is 52.7 Å². The number of hydrogen-bond acceptors (Lipinski definition) is 4. The van der Waals surface area contributed by atoms with Gasteiger partial charge in [0.1, 0.15) is 12.2 Å². The Labute approximate surface area is 182 Å². The number of halogens is 12. The van der Waals surface area contributed by atoms with Gasteiger partial charge in [0.25, 0.3) is 11.2 Å². The molecular weight excluding hydrogens is 508 g/mol. The predicted octanol–water partition coefficient (Wildman–Crippen LogP) is 5.16. The van der Waals surface area contributed by atoms with Gasteiger partial charge in [0.05, 0.1) is 26.4 Å². The number of benzene rings is 1. The molecule has 16 heteroatoms. The molecule has 2 saturated heterocycles. The highest BCUT2D eigenvalue weighted by Gasteiger charge is 2.76. The van der Waals surface area contributed by atoms with Gasteiger partial charge in [-0.25, -0.2) is 0 Å². The highest BCUT2D eigenvalue weighted by Crippen LogP contribution is 2.56. The first kappa shape index (κ1) is 26.8. The standard InChI is InChI=1S/C18H14F12O4/c19-15(20,21)13(16(22,23)24,33-7-11-5-31-11)9-2-1-3-10(4-9)14(17(25,26)27,18(28,29)30)34-8-12-6-32-12/h1-4,11-12H,5-8H2. The van der Waals surface area contributed by atoms with E-state index in [2.05, 4.69) is 18.9 Å². The van der Waals surface area contributed by atoms with Crippen LogP contribution < -0.4 is 0 Å². The summed E-state index contributed by atoms with van der Waals surface area (Å²) in [7, 11) is 0. The first-order valence-electron chi connectivity index (χ1n) is 9.26. The number of hydrogen-bond donors (Lipinski definition) is 0. The van der Waals surface area contributed by atoms with E-state index in [4.69, 9.17) is 0 Å². The van der Waals surface area contributed by atoms with Crippen LogP contribution in [0.2, 0.25) is 0 Å². The van der Waals surface area contributed by atoms with Crippen molar-refractivity contribution in [1.29, 1.82) is 0 Å². The Kier molecular flexibility index (Phi) is 6.63. The minimum Gasteiger partial charge on any atom is -0.371 e. The SMILES string of the molecule is FC(F)(F)C(OCC1CO1)(c1cccc(C(OCC2CO2)(C(F)(F)F)C(F)(F)F)c1)C(F)(F)F. The maximum absolute atomic E-state index is 13.8. The van der Waals surface area contributed by atoms with Crippen molar-refractivity contribution in [1.82, 2.24) is 0 Å². The molecule has 0 spiro atoms. The lowest BCUT2D eigenvalue weighted by atomic mass is 9.85. The fourth-order valence-corrected chi connectivity index (χ4v) is 3.19. The maximum atomic E-state index is 13.8. The third-order valence-corrected chi connectivity index (χ3v) is 5.05. The van der Waals surface area contributed by atoms with Crippen LogP contribution in [0, 0.1) is 0 Å². The van der Waals surface area contributed by atoms with E-state index >= 15 is 0 Å². The molecule has 34 heavy (non-hydrogen) atoms. The number of alkyl halides is 12. The van der Waals surface area contributed by atoms with Crippen molar-refractivity contribution >= 4 is 0 Å². The average molecular weight is 522 g/mol. The molecule has 0 aromatic heterocycles. The smallest absolute Gasteiger partial charge is 0.371 e. The van der Waals surface area contributed by atoms with Crippen molar-refractivity contribution in [2.45, 2.75) is 48.1 Å². The van der Waals surface area contributed by atoms with Gasteiger partial charge in [-0.3, -0.25) is 0 Å². The quantitative estimate of drug-likeness (QED) is 0.350. The van der Waals surface area contributed by atoms with E-state index in [-0.39, 0.29) is 31.4 Å². The normalized spacial score (nSPS) is 22.1. The van der Waals surface area contributed by atoms with E-state index in [1.54, 1.807) is 0 Å². The minimum absolute atomic E-state index is 0.0692. The monoisotopic (exact) mass is 522 g/mol. The molecule has 194 valence electrons. The molecule has 0 saturated carbocycles. The van der Waals surface area contributed by atoms with Crippen LogP contribution in [-0.4, -0.2) is 63.3 Å². The van der Waals surface area contributed by atoms with Gasteiger partial charge in [-0.15, -0.1) is 0 Å². The molecule has 0 bridgehead atoms. The summed E-state index contributed by atoms with van der Waals surface area (Å²) in [6.45, 7) is -3.03. The van der Waals surface area contributed by atoms with Gasteiger partial charge >= 0.3 is 24.7 Å². The van der Waals surface area contributed by atoms with Crippen LogP contribution in [0.25, 0.3) is 0 Å². The molecule has 2 aliphatic rings. The Morgan fingerprint density at radius 2 is 0.912 bits per heavy atom. The zero-order valence-electron chi connectivity index (χ0n) is 16.5. The van der Waals surface area contributed by atoms with E-state index < -0.39 is 78.5 Å². The maximum Gasteiger partial charge on any atom is 0.430 e. The first-order chi connectivity index (χ1) is 15.4. The summed E-state index contributed by atoms with van der Waals surface area (Å²) in [6.07, 6.45) is -27.6. The summed E-state index contributed by atoms with van der Waals surface area (Å²) in [5.41, 5.74) is -14.6. The first-order valence-corrected chi connectivity index (χ1v) is 9.26. The van der Waals surface area contributed by atoms with Crippen LogP contribution in [0.1, 0.15) is 11.1 Å². The summed E-state index contributed by atoms with van der Waals surface area (Å²) in [4.78, 5) is 0. The molecule has 0 N–H and O–H groups in total. The molecule has 0 amide bonds. The van der Waals surface area contributed by atoms with Crippen molar-refractivity contribution < 1.29 is 71.6 Å². The molecule has 4 nitrogen and oxygen atoms in total. The van der Waals surface area contributed by atoms with Crippen LogP contribution in [-0.2, 0) is 30.1 Å². The second-order valence-electron chi connectivity index (χ2n) is 7.47. The fourth-order valence-electron chi connectivity index (χ4n) is 3.19. The van der Waals surface area contributed by atoms with Crippen molar-refractivity contribution in [2.24, 2.45) is 0 Å². The van der Waals surface area contributed by atoms with Gasteiger partial charge in [0, 0.05) is 11.1 Å². The molecule has 0 aliphatic carbocycles. The second-order valence-corrected chi connectivity index (χ2v) is 7.47. The Morgan fingerprint density at radius 3 is 1.15 bits per heavy atom. The van der Waals surface area contributed by atoms with E-state index in [1.807, 2.05) is 0 Å². The van der Waals surface area contributed by atoms with E-state index in [1.165, 1.54) is 0 Å². The van der Waals surface area contributed by atoms with Crippen LogP contribution in [0.15, 0.2) is 24.3 Å². The molecule has 2 unspecified atom stereocenters. The summed E-state index contributed by atoms with van der Waals surface area (Å²) in [5, 5.41) is 0. The van der Waals surface area contributed by atoms with Crippen LogP contribution >= 0.6 is 0 Å². The summed E-state index contributed by atoms with van der Waals surface area (Å²) >= 11 is 0. The minimum atomic E-state index is -6.33. The highest BCUT2D eigenvalue weighted by molar-refractivity contribution is 5.37. The molecule has 1 aromatic rings. The molecular formula is C18H14F12O4. The fraction of sp³-hybridized carbons (Fsp3) is 0.667. The lowest BCUT2D eigenvalue weighted by Gasteiger charge is -2.40. The summed E-state index contributed by atoms with van der Waals surface area (Å²) < 4.78 is 183. The molecule has 0 radical (unpaired) electrons. The topological polar surface area (TPSA) is 43.5 Å². The van der Waals surface area contributed by atoms with Gasteiger partial charge < -0.3 is 18.9 Å². The van der Waals surface area contributed by atoms with E-state index in [0.29, 0.717) is 0 Å². The third-order valence-electron chi connectivity index (χ3n) is 5.05. The summed E-state index contributed by atoms with van der Waals surface area (Å²) in [5.74, 6) is 0. The van der Waals surface area contributed by atoms with Crippen molar-refractivity contribution in [3.05, 3.63) is 35.4 Å². The molecule has 2 atom stereocenters. The lowest BCUT2D eigenvalue weighted by molar-refractivity contribution is -0.391. The Balaban J connectivity index is 2.21. The Hall–Kier alpha value is -1.78. The van der Waals surface area contributed by atoms with Gasteiger partial charge in [-0.05, 0) is 6.07 Å². The molecule has 2 fully saturated rings. The average Bonchev–Trinajstić information content (AvgIpc) is 3.53. The zero-order valence-corrected chi connectivity index (χ0v) is 16.5. The molecule has 2 heterocycles.